The molecule has 0 unspecified atom stereocenters. The van der Waals surface area contributed by atoms with Crippen LogP contribution in [0.2, 0.25) is 0 Å². The number of anilines is 3. The highest BCUT2D eigenvalue weighted by molar-refractivity contribution is 7.15. The number of aryl methyl sites for hydroxylation is 1. The molecule has 1 saturated heterocycles. The highest BCUT2D eigenvalue weighted by atomic mass is 32.1. The van der Waals surface area contributed by atoms with Gasteiger partial charge in [0.05, 0.1) is 0 Å². The van der Waals surface area contributed by atoms with Crippen LogP contribution in [0.25, 0.3) is 0 Å². The van der Waals surface area contributed by atoms with E-state index in [0.717, 1.165) is 17.1 Å². The molecule has 3 aromatic rings. The Labute approximate surface area is 196 Å². The van der Waals surface area contributed by atoms with Gasteiger partial charge in [0.15, 0.2) is 0 Å². The first-order valence-electron chi connectivity index (χ1n) is 10.9. The third-order valence-corrected chi connectivity index (χ3v) is 6.54. The van der Waals surface area contributed by atoms with Crippen LogP contribution in [0.4, 0.5) is 16.5 Å². The maximum atomic E-state index is 12.6. The van der Waals surface area contributed by atoms with E-state index in [1.165, 1.54) is 16.9 Å². The predicted octanol–water partition coefficient (Wildman–Crippen LogP) is 4.22. The van der Waals surface area contributed by atoms with Crippen molar-refractivity contribution in [3.63, 3.8) is 0 Å². The lowest BCUT2D eigenvalue weighted by Gasteiger charge is -2.16. The molecule has 4 rings (SSSR count). The Morgan fingerprint density at radius 1 is 1.03 bits per heavy atom. The van der Waals surface area contributed by atoms with Gasteiger partial charge in [0.25, 0.3) is 5.91 Å². The summed E-state index contributed by atoms with van der Waals surface area (Å²) in [6, 6.07) is 14.7. The molecule has 1 aromatic heterocycles. The van der Waals surface area contributed by atoms with Gasteiger partial charge in [0.1, 0.15) is 5.01 Å². The molecule has 2 N–H and O–H groups in total. The Bertz CT molecular complexity index is 1160. The fourth-order valence-electron chi connectivity index (χ4n) is 3.61. The van der Waals surface area contributed by atoms with Gasteiger partial charge in [0.2, 0.25) is 16.9 Å². The molecule has 2 aromatic carbocycles. The van der Waals surface area contributed by atoms with Crippen molar-refractivity contribution in [2.75, 3.05) is 22.1 Å². The summed E-state index contributed by atoms with van der Waals surface area (Å²) in [4.78, 5) is 38.4. The molecule has 1 atom stereocenters. The van der Waals surface area contributed by atoms with Gasteiger partial charge >= 0.3 is 0 Å². The molecule has 0 spiro atoms. The van der Waals surface area contributed by atoms with Crippen molar-refractivity contribution >= 4 is 45.6 Å². The lowest BCUT2D eigenvalue weighted by Crippen LogP contribution is -2.24. The molecule has 0 saturated carbocycles. The molecular formula is C24H25N5O3S. The zero-order valence-corrected chi connectivity index (χ0v) is 19.3. The van der Waals surface area contributed by atoms with Crippen molar-refractivity contribution in [1.29, 1.82) is 0 Å². The zero-order chi connectivity index (χ0) is 23.4. The Kier molecular flexibility index (Phi) is 6.79. The average Bonchev–Trinajstić information content (AvgIpc) is 3.46. The first-order chi connectivity index (χ1) is 16.0. The molecule has 0 aliphatic carbocycles. The van der Waals surface area contributed by atoms with Crippen LogP contribution in [0.1, 0.15) is 53.5 Å². The number of rotatable bonds is 7. The topological polar surface area (TPSA) is 104 Å². The molecule has 33 heavy (non-hydrogen) atoms. The fraction of sp³-hybridized carbons (Fsp3) is 0.292. The quantitative estimate of drug-likeness (QED) is 0.546. The van der Waals surface area contributed by atoms with Gasteiger partial charge in [-0.15, -0.1) is 10.2 Å². The molecule has 3 amide bonds. The highest BCUT2D eigenvalue weighted by Gasteiger charge is 2.34. The standard InChI is InChI=1S/C24H25N5O3S/c1-3-15-5-11-19(12-6-15)29-14-17(13-21(29)31)23-27-28-24(33-23)26-22(32)16-7-9-18(10-8-16)25-20(30)4-2/h5-12,17H,3-4,13-14H2,1-2H3,(H,25,30)(H,26,28,32)/t17-/m0/s1. The molecule has 0 radical (unpaired) electrons. The van der Waals surface area contributed by atoms with Gasteiger partial charge in [-0.2, -0.15) is 0 Å². The summed E-state index contributed by atoms with van der Waals surface area (Å²) < 4.78 is 0. The second-order valence-electron chi connectivity index (χ2n) is 7.80. The van der Waals surface area contributed by atoms with Gasteiger partial charge in [-0.3, -0.25) is 19.7 Å². The average molecular weight is 464 g/mol. The third kappa shape index (κ3) is 5.25. The summed E-state index contributed by atoms with van der Waals surface area (Å²) in [6.07, 6.45) is 1.70. The predicted molar refractivity (Wildman–Crippen MR) is 129 cm³/mol. The molecule has 170 valence electrons. The summed E-state index contributed by atoms with van der Waals surface area (Å²) in [6.45, 7) is 4.41. The summed E-state index contributed by atoms with van der Waals surface area (Å²) >= 11 is 1.28. The summed E-state index contributed by atoms with van der Waals surface area (Å²) in [5.41, 5.74) is 3.19. The molecule has 1 aliphatic rings. The molecule has 1 fully saturated rings. The molecular weight excluding hydrogens is 438 g/mol. The maximum Gasteiger partial charge on any atom is 0.257 e. The van der Waals surface area contributed by atoms with Crippen molar-refractivity contribution in [1.82, 2.24) is 10.2 Å². The van der Waals surface area contributed by atoms with E-state index < -0.39 is 0 Å². The number of hydrogen-bond donors (Lipinski definition) is 2. The fourth-order valence-corrected chi connectivity index (χ4v) is 4.44. The Balaban J connectivity index is 1.38. The first kappa shape index (κ1) is 22.6. The minimum Gasteiger partial charge on any atom is -0.326 e. The monoisotopic (exact) mass is 463 g/mol. The second kappa shape index (κ2) is 9.91. The van der Waals surface area contributed by atoms with Crippen LogP contribution < -0.4 is 15.5 Å². The van der Waals surface area contributed by atoms with Gasteiger partial charge in [-0.25, -0.2) is 0 Å². The minimum atomic E-state index is -0.314. The van der Waals surface area contributed by atoms with E-state index in [-0.39, 0.29) is 23.6 Å². The number of carbonyl (C=O) groups excluding carboxylic acids is 3. The number of benzene rings is 2. The van der Waals surface area contributed by atoms with Crippen LogP contribution in [0, 0.1) is 0 Å². The van der Waals surface area contributed by atoms with Crippen LogP contribution in [-0.2, 0) is 16.0 Å². The van der Waals surface area contributed by atoms with Gasteiger partial charge in [0, 0.05) is 42.2 Å². The van der Waals surface area contributed by atoms with Gasteiger partial charge < -0.3 is 10.2 Å². The van der Waals surface area contributed by atoms with Crippen molar-refractivity contribution in [2.24, 2.45) is 0 Å². The highest BCUT2D eigenvalue weighted by Crippen LogP contribution is 2.34. The molecule has 0 bridgehead atoms. The number of hydrogen-bond acceptors (Lipinski definition) is 6. The van der Waals surface area contributed by atoms with E-state index in [0.29, 0.717) is 35.8 Å². The maximum absolute atomic E-state index is 12.6. The van der Waals surface area contributed by atoms with Gasteiger partial charge in [-0.1, -0.05) is 37.3 Å². The number of carbonyl (C=O) groups is 3. The van der Waals surface area contributed by atoms with Crippen LogP contribution in [0.5, 0.6) is 0 Å². The zero-order valence-electron chi connectivity index (χ0n) is 18.5. The summed E-state index contributed by atoms with van der Waals surface area (Å²) in [7, 11) is 0. The molecule has 2 heterocycles. The van der Waals surface area contributed by atoms with Crippen LogP contribution in [-0.4, -0.2) is 34.5 Å². The lowest BCUT2D eigenvalue weighted by atomic mass is 10.1. The van der Waals surface area contributed by atoms with Crippen molar-refractivity contribution in [2.45, 2.75) is 39.0 Å². The molecule has 9 heteroatoms. The smallest absolute Gasteiger partial charge is 0.257 e. The third-order valence-electron chi connectivity index (χ3n) is 5.54. The van der Waals surface area contributed by atoms with Crippen molar-refractivity contribution in [3.8, 4) is 0 Å². The van der Waals surface area contributed by atoms with E-state index in [1.807, 2.05) is 24.3 Å². The largest absolute Gasteiger partial charge is 0.326 e. The SMILES string of the molecule is CCC(=O)Nc1ccc(C(=O)Nc2nnc([C@H]3CC(=O)N(c4ccc(CC)cc4)C3)s2)cc1. The second-order valence-corrected chi connectivity index (χ2v) is 8.81. The van der Waals surface area contributed by atoms with Crippen LogP contribution in [0.15, 0.2) is 48.5 Å². The summed E-state index contributed by atoms with van der Waals surface area (Å²) in [5, 5.41) is 14.9. The van der Waals surface area contributed by atoms with Crippen LogP contribution >= 0.6 is 11.3 Å². The number of nitrogens with zero attached hydrogens (tertiary/aromatic N) is 3. The van der Waals surface area contributed by atoms with Crippen molar-refractivity contribution < 1.29 is 14.4 Å². The van der Waals surface area contributed by atoms with Crippen molar-refractivity contribution in [3.05, 3.63) is 64.7 Å². The minimum absolute atomic E-state index is 0.0558. The van der Waals surface area contributed by atoms with E-state index >= 15 is 0 Å². The van der Waals surface area contributed by atoms with E-state index in [9.17, 15) is 14.4 Å². The van der Waals surface area contributed by atoms with Crippen LogP contribution in [0.3, 0.4) is 0 Å². The normalized spacial score (nSPS) is 15.5. The molecule has 8 nitrogen and oxygen atoms in total. The van der Waals surface area contributed by atoms with E-state index in [2.05, 4.69) is 27.8 Å². The number of nitrogens with one attached hydrogen (secondary N) is 2. The summed E-state index contributed by atoms with van der Waals surface area (Å²) in [5.74, 6) is -0.407. The van der Waals surface area contributed by atoms with Gasteiger partial charge in [-0.05, 0) is 48.4 Å². The van der Waals surface area contributed by atoms with E-state index in [4.69, 9.17) is 0 Å². The Hall–Kier alpha value is -3.59. The first-order valence-corrected chi connectivity index (χ1v) is 11.7. The molecule has 1 aliphatic heterocycles. The Morgan fingerprint density at radius 3 is 2.42 bits per heavy atom. The van der Waals surface area contributed by atoms with E-state index in [1.54, 1.807) is 36.1 Å². The number of amides is 3. The number of aromatic nitrogens is 2. The lowest BCUT2D eigenvalue weighted by molar-refractivity contribution is -0.117. The Morgan fingerprint density at radius 2 is 1.76 bits per heavy atom.